The first-order chi connectivity index (χ1) is 18.0. The van der Waals surface area contributed by atoms with Crippen LogP contribution in [0.25, 0.3) is 0 Å². The van der Waals surface area contributed by atoms with Crippen LogP contribution in [0.3, 0.4) is 0 Å². The molecule has 0 aromatic rings. The minimum Gasteiger partial charge on any atom is -0.550 e. The maximum absolute atomic E-state index is 11.6. The number of quaternary nitrogens is 1. The lowest BCUT2D eigenvalue weighted by Crippen LogP contribution is -2.58. The van der Waals surface area contributed by atoms with Gasteiger partial charge in [-0.3, -0.25) is 9.59 Å². The number of carboxylic acids is 3. The van der Waals surface area contributed by atoms with Crippen LogP contribution in [0.5, 0.6) is 0 Å². The molecule has 0 aliphatic heterocycles. The molecule has 3 atom stereocenters. The van der Waals surface area contributed by atoms with E-state index in [9.17, 15) is 29.7 Å². The molecule has 2 N–H and O–H groups in total. The van der Waals surface area contributed by atoms with Crippen molar-refractivity contribution >= 4 is 17.9 Å². The molecule has 0 aliphatic carbocycles. The van der Waals surface area contributed by atoms with Crippen LogP contribution in [0.1, 0.15) is 124 Å². The first kappa shape index (κ1) is 36.1. The Hall–Kier alpha value is -1.89. The summed E-state index contributed by atoms with van der Waals surface area (Å²) in [5, 5.41) is 30.5. The Morgan fingerprint density at radius 1 is 0.632 bits per heavy atom. The van der Waals surface area contributed by atoms with Crippen LogP contribution in [-0.2, 0) is 14.4 Å². The number of hydrogen-bond acceptors (Lipinski definition) is 4. The van der Waals surface area contributed by atoms with Crippen LogP contribution in [0, 0.1) is 17.8 Å². The minimum absolute atomic E-state index is 0.184. The van der Waals surface area contributed by atoms with Gasteiger partial charge in [0.2, 0.25) is 0 Å². The van der Waals surface area contributed by atoms with Crippen molar-refractivity contribution < 1.29 is 34.2 Å². The number of allylic oxidation sites excluding steroid dienone is 2. The van der Waals surface area contributed by atoms with Crippen molar-refractivity contribution in [2.24, 2.45) is 17.8 Å². The molecule has 0 fully saturated rings. The smallest absolute Gasteiger partial charge is 0.311 e. The molecule has 0 heterocycles. The molecule has 0 bridgehead atoms. The molecule has 0 saturated carbocycles. The minimum atomic E-state index is -1.18. The molecule has 38 heavy (non-hydrogen) atoms. The van der Waals surface area contributed by atoms with E-state index in [4.69, 9.17) is 0 Å². The highest BCUT2D eigenvalue weighted by Gasteiger charge is 2.36. The van der Waals surface area contributed by atoms with E-state index in [2.05, 4.69) is 19.1 Å². The highest BCUT2D eigenvalue weighted by atomic mass is 16.4. The maximum atomic E-state index is 11.6. The fourth-order valence-corrected chi connectivity index (χ4v) is 5.34. The molecular weight excluding hydrogens is 482 g/mol. The number of carboxylic acid groups (broad SMARTS) is 3. The molecule has 0 amide bonds. The van der Waals surface area contributed by atoms with Gasteiger partial charge in [0.1, 0.15) is 11.8 Å². The Balaban J connectivity index is 4.44. The van der Waals surface area contributed by atoms with Crippen molar-refractivity contribution in [1.29, 1.82) is 0 Å². The standard InChI is InChI=1S/C31H57NO6/c1-5-6-7-8-9-10-11-12-13-14-15-16-17-18-19-20-21-22-32(23-26(2)29(33)34,24-27(3)30(35)36)25-28(4)31(37)38/h10-11,26-28H,5-9,12-25H2,1-4H3,(H2-,33,34,35,36,37,38)/b11-10+. The van der Waals surface area contributed by atoms with E-state index in [1.165, 1.54) is 70.6 Å². The molecule has 0 aromatic heterocycles. The second-order valence-electron chi connectivity index (χ2n) is 11.6. The van der Waals surface area contributed by atoms with Gasteiger partial charge in [-0.1, -0.05) is 83.8 Å². The number of rotatable bonds is 26. The quantitative estimate of drug-likeness (QED) is 0.0784. The average Bonchev–Trinajstić information content (AvgIpc) is 2.85. The number of unbranched alkanes of at least 4 members (excludes halogenated alkanes) is 13. The van der Waals surface area contributed by atoms with E-state index in [1.54, 1.807) is 20.8 Å². The molecule has 0 spiro atoms. The largest absolute Gasteiger partial charge is 0.550 e. The van der Waals surface area contributed by atoms with E-state index in [0.29, 0.717) is 6.54 Å². The van der Waals surface area contributed by atoms with Crippen LogP contribution < -0.4 is 5.11 Å². The van der Waals surface area contributed by atoms with Gasteiger partial charge in [0, 0.05) is 11.9 Å². The van der Waals surface area contributed by atoms with Crippen LogP contribution in [0.4, 0.5) is 0 Å². The van der Waals surface area contributed by atoms with Crippen molar-refractivity contribution in [2.75, 3.05) is 26.2 Å². The molecular formula is C31H57NO6. The van der Waals surface area contributed by atoms with Gasteiger partial charge in [0.15, 0.2) is 0 Å². The Bertz CT molecular complexity index is 622. The lowest BCUT2D eigenvalue weighted by molar-refractivity contribution is -0.934. The molecule has 0 radical (unpaired) electrons. The zero-order valence-electron chi connectivity index (χ0n) is 24.8. The summed E-state index contributed by atoms with van der Waals surface area (Å²) in [6.07, 6.45) is 22.7. The Kier molecular flexibility index (Phi) is 20.9. The van der Waals surface area contributed by atoms with Crippen molar-refractivity contribution in [2.45, 2.75) is 124 Å². The van der Waals surface area contributed by atoms with Gasteiger partial charge in [0.05, 0.1) is 26.2 Å². The fourth-order valence-electron chi connectivity index (χ4n) is 5.34. The number of carbonyl (C=O) groups excluding carboxylic acids is 1. The van der Waals surface area contributed by atoms with Gasteiger partial charge in [-0.25, -0.2) is 0 Å². The van der Waals surface area contributed by atoms with Crippen molar-refractivity contribution in [3.63, 3.8) is 0 Å². The molecule has 0 aliphatic rings. The summed E-state index contributed by atoms with van der Waals surface area (Å²) >= 11 is 0. The van der Waals surface area contributed by atoms with Crippen molar-refractivity contribution in [1.82, 2.24) is 0 Å². The lowest BCUT2D eigenvalue weighted by atomic mass is 10.00. The predicted molar refractivity (Wildman–Crippen MR) is 152 cm³/mol. The zero-order valence-corrected chi connectivity index (χ0v) is 24.8. The zero-order chi connectivity index (χ0) is 28.8. The molecule has 0 rings (SSSR count). The number of carbonyl (C=O) groups is 3. The Morgan fingerprint density at radius 3 is 1.39 bits per heavy atom. The van der Waals surface area contributed by atoms with E-state index in [1.807, 2.05) is 0 Å². The van der Waals surface area contributed by atoms with Gasteiger partial charge in [-0.05, 0) is 52.4 Å². The summed E-state index contributed by atoms with van der Waals surface area (Å²) in [5.41, 5.74) is 0. The monoisotopic (exact) mass is 539 g/mol. The lowest BCUT2D eigenvalue weighted by Gasteiger charge is -2.43. The first-order valence-electron chi connectivity index (χ1n) is 15.2. The van der Waals surface area contributed by atoms with Gasteiger partial charge in [-0.15, -0.1) is 0 Å². The van der Waals surface area contributed by atoms with Crippen molar-refractivity contribution in [3.05, 3.63) is 12.2 Å². The van der Waals surface area contributed by atoms with E-state index in [-0.39, 0.29) is 24.1 Å². The topological polar surface area (TPSA) is 115 Å². The van der Waals surface area contributed by atoms with Gasteiger partial charge < -0.3 is 24.6 Å². The van der Waals surface area contributed by atoms with Gasteiger partial charge in [-0.2, -0.15) is 0 Å². The number of aliphatic carboxylic acids is 3. The summed E-state index contributed by atoms with van der Waals surface area (Å²) in [7, 11) is 0. The summed E-state index contributed by atoms with van der Waals surface area (Å²) in [4.78, 5) is 34.7. The SMILES string of the molecule is CCCCCC/C=C/CCCCCCCCCCC[N+](CC(C)C(=O)[O-])(CC(C)C(=O)O)CC(C)C(=O)O. The van der Waals surface area contributed by atoms with E-state index >= 15 is 0 Å². The average molecular weight is 540 g/mol. The van der Waals surface area contributed by atoms with Gasteiger partial charge in [0.25, 0.3) is 0 Å². The summed E-state index contributed by atoms with van der Waals surface area (Å²) < 4.78 is 0.184. The highest BCUT2D eigenvalue weighted by Crippen LogP contribution is 2.22. The van der Waals surface area contributed by atoms with Gasteiger partial charge >= 0.3 is 11.9 Å². The third-order valence-corrected chi connectivity index (χ3v) is 7.62. The predicted octanol–water partition coefficient (Wildman–Crippen LogP) is 6.06. The van der Waals surface area contributed by atoms with Crippen LogP contribution in [0.2, 0.25) is 0 Å². The number of nitrogens with zero attached hydrogens (tertiary/aromatic N) is 1. The second-order valence-corrected chi connectivity index (χ2v) is 11.6. The molecule has 3 unspecified atom stereocenters. The Labute approximate surface area is 232 Å². The molecule has 0 saturated heterocycles. The molecule has 7 heteroatoms. The summed E-state index contributed by atoms with van der Waals surface area (Å²) in [6, 6.07) is 0. The fraction of sp³-hybridized carbons (Fsp3) is 0.839. The summed E-state index contributed by atoms with van der Waals surface area (Å²) in [5.74, 6) is -5.24. The molecule has 0 aromatic carbocycles. The molecule has 7 nitrogen and oxygen atoms in total. The van der Waals surface area contributed by atoms with Crippen molar-refractivity contribution in [3.8, 4) is 0 Å². The van der Waals surface area contributed by atoms with E-state index in [0.717, 1.165) is 25.7 Å². The third kappa shape index (κ3) is 18.4. The summed E-state index contributed by atoms with van der Waals surface area (Å²) in [6.45, 7) is 8.22. The normalized spacial score (nSPS) is 15.7. The van der Waals surface area contributed by atoms with Crippen LogP contribution in [0.15, 0.2) is 12.2 Å². The first-order valence-corrected chi connectivity index (χ1v) is 15.2. The van der Waals surface area contributed by atoms with E-state index < -0.39 is 35.7 Å². The third-order valence-electron chi connectivity index (χ3n) is 7.62. The second kappa shape index (κ2) is 22.0. The maximum Gasteiger partial charge on any atom is 0.311 e. The molecule has 222 valence electrons. The number of hydrogen-bond donors (Lipinski definition) is 2. The van der Waals surface area contributed by atoms with Crippen LogP contribution >= 0.6 is 0 Å². The van der Waals surface area contributed by atoms with Crippen LogP contribution in [-0.4, -0.2) is 58.8 Å². The highest BCUT2D eigenvalue weighted by molar-refractivity contribution is 5.70. The Morgan fingerprint density at radius 2 is 1.00 bits per heavy atom.